The zero-order valence-electron chi connectivity index (χ0n) is 9.64. The van der Waals surface area contributed by atoms with Gasteiger partial charge in [-0.1, -0.05) is 13.8 Å². The summed E-state index contributed by atoms with van der Waals surface area (Å²) in [5.41, 5.74) is 6.26. The van der Waals surface area contributed by atoms with E-state index in [0.29, 0.717) is 11.6 Å². The number of hydrogen-bond acceptors (Lipinski definition) is 4. The van der Waals surface area contributed by atoms with Crippen LogP contribution in [-0.4, -0.2) is 28.9 Å². The molecule has 88 valence electrons. The Bertz CT molecular complexity index is 382. The molecule has 5 nitrogen and oxygen atoms in total. The molecule has 0 bridgehead atoms. The highest BCUT2D eigenvalue weighted by Crippen LogP contribution is 2.19. The molecule has 0 saturated carbocycles. The maximum absolute atomic E-state index is 11.8. The number of nitrogens with two attached hydrogens (primary N) is 1. The van der Waals surface area contributed by atoms with Crippen molar-refractivity contribution in [2.75, 3.05) is 13.1 Å². The van der Waals surface area contributed by atoms with Crippen molar-refractivity contribution in [2.24, 2.45) is 11.7 Å². The second-order valence-corrected chi connectivity index (χ2v) is 4.49. The maximum atomic E-state index is 11.8. The molecule has 1 fully saturated rings. The summed E-state index contributed by atoms with van der Waals surface area (Å²) in [5, 5.41) is 0. The van der Waals surface area contributed by atoms with Gasteiger partial charge in [0.1, 0.15) is 6.26 Å². The van der Waals surface area contributed by atoms with Crippen LogP contribution in [0.3, 0.4) is 0 Å². The zero-order chi connectivity index (χ0) is 11.7. The van der Waals surface area contributed by atoms with Crippen molar-refractivity contribution in [1.82, 2.24) is 9.88 Å². The number of oxazole rings is 1. The second kappa shape index (κ2) is 4.25. The van der Waals surface area contributed by atoms with Gasteiger partial charge in [-0.05, 0) is 12.3 Å². The van der Waals surface area contributed by atoms with Gasteiger partial charge in [0.25, 0.3) is 5.91 Å². The Kier molecular flexibility index (Phi) is 2.96. The molecule has 1 aliphatic heterocycles. The third-order valence-electron chi connectivity index (χ3n) is 2.89. The first-order valence-electron chi connectivity index (χ1n) is 5.60. The lowest BCUT2D eigenvalue weighted by atomic mass is 10.1. The van der Waals surface area contributed by atoms with Crippen LogP contribution >= 0.6 is 0 Å². The van der Waals surface area contributed by atoms with Crippen LogP contribution < -0.4 is 5.73 Å². The molecule has 1 aliphatic rings. The van der Waals surface area contributed by atoms with Crippen molar-refractivity contribution in [2.45, 2.75) is 26.3 Å². The molecule has 2 heterocycles. The highest BCUT2D eigenvalue weighted by Gasteiger charge is 2.25. The first-order valence-corrected chi connectivity index (χ1v) is 5.60. The smallest absolute Gasteiger partial charge is 0.275 e. The zero-order valence-corrected chi connectivity index (χ0v) is 9.64. The molecule has 5 heteroatoms. The van der Waals surface area contributed by atoms with Crippen molar-refractivity contribution >= 4 is 5.91 Å². The number of carbonyl (C=O) groups excluding carboxylic acids is 1. The lowest BCUT2D eigenvalue weighted by Crippen LogP contribution is -2.42. The van der Waals surface area contributed by atoms with E-state index in [9.17, 15) is 4.79 Å². The van der Waals surface area contributed by atoms with E-state index in [1.807, 2.05) is 13.8 Å². The highest BCUT2D eigenvalue weighted by molar-refractivity contribution is 5.92. The molecule has 1 aromatic heterocycles. The molecule has 1 aromatic rings. The minimum Gasteiger partial charge on any atom is -0.446 e. The molecule has 2 N–H and O–H groups in total. The first kappa shape index (κ1) is 11.1. The Morgan fingerprint density at radius 1 is 1.56 bits per heavy atom. The molecule has 1 unspecified atom stereocenters. The van der Waals surface area contributed by atoms with Crippen molar-refractivity contribution in [1.29, 1.82) is 0 Å². The largest absolute Gasteiger partial charge is 0.446 e. The predicted molar refractivity (Wildman–Crippen MR) is 58.8 cm³/mol. The fraction of sp³-hybridized carbons (Fsp3) is 0.636. The minimum absolute atomic E-state index is 0.0581. The Morgan fingerprint density at radius 3 is 2.75 bits per heavy atom. The van der Waals surface area contributed by atoms with Crippen molar-refractivity contribution < 1.29 is 9.21 Å². The van der Waals surface area contributed by atoms with Gasteiger partial charge in [-0.3, -0.25) is 4.79 Å². The Morgan fingerprint density at radius 2 is 2.25 bits per heavy atom. The van der Waals surface area contributed by atoms with Crippen molar-refractivity contribution in [3.8, 4) is 0 Å². The Balaban J connectivity index is 2.09. The summed E-state index contributed by atoms with van der Waals surface area (Å²) < 4.78 is 5.24. The topological polar surface area (TPSA) is 72.4 Å². The lowest BCUT2D eigenvalue weighted by Gasteiger charge is -2.29. The van der Waals surface area contributed by atoms with E-state index in [1.165, 1.54) is 6.26 Å². The molecular weight excluding hydrogens is 206 g/mol. The molecule has 1 amide bonds. The summed E-state index contributed by atoms with van der Waals surface area (Å²) in [5.74, 6) is 0.627. The molecule has 0 aliphatic carbocycles. The molecule has 0 aromatic carbocycles. The van der Waals surface area contributed by atoms with E-state index in [-0.39, 0.29) is 17.9 Å². The fourth-order valence-corrected chi connectivity index (χ4v) is 1.51. The van der Waals surface area contributed by atoms with Crippen LogP contribution in [0.1, 0.15) is 42.7 Å². The predicted octanol–water partition coefficient (Wildman–Crippen LogP) is 1.18. The SMILES string of the molecule is CC(C)C(N)c1nc(C(=O)N2CCC2)co1. The third kappa shape index (κ3) is 1.95. The third-order valence-corrected chi connectivity index (χ3v) is 2.89. The average molecular weight is 223 g/mol. The van der Waals surface area contributed by atoms with E-state index in [2.05, 4.69) is 4.98 Å². The van der Waals surface area contributed by atoms with Crippen LogP contribution in [0, 0.1) is 5.92 Å². The first-order chi connectivity index (χ1) is 7.59. The average Bonchev–Trinajstić information content (AvgIpc) is 2.62. The summed E-state index contributed by atoms with van der Waals surface area (Å²) in [6.45, 7) is 5.62. The van der Waals surface area contributed by atoms with Gasteiger partial charge in [0.05, 0.1) is 6.04 Å². The summed E-state index contributed by atoms with van der Waals surface area (Å²) in [4.78, 5) is 17.7. The number of amides is 1. The van der Waals surface area contributed by atoms with Gasteiger partial charge in [-0.15, -0.1) is 0 Å². The van der Waals surface area contributed by atoms with Gasteiger partial charge in [-0.2, -0.15) is 0 Å². The van der Waals surface area contributed by atoms with E-state index in [0.717, 1.165) is 19.5 Å². The van der Waals surface area contributed by atoms with E-state index in [4.69, 9.17) is 10.2 Å². The molecule has 16 heavy (non-hydrogen) atoms. The van der Waals surface area contributed by atoms with Crippen LogP contribution in [0.15, 0.2) is 10.7 Å². The summed E-state index contributed by atoms with van der Waals surface area (Å²) in [6.07, 6.45) is 2.47. The Hall–Kier alpha value is -1.36. The number of carbonyl (C=O) groups is 1. The van der Waals surface area contributed by atoms with Gasteiger partial charge in [-0.25, -0.2) is 4.98 Å². The minimum atomic E-state index is -0.252. The second-order valence-electron chi connectivity index (χ2n) is 4.49. The molecule has 0 spiro atoms. The quantitative estimate of drug-likeness (QED) is 0.835. The normalized spacial score (nSPS) is 17.4. The number of rotatable bonds is 3. The number of hydrogen-bond donors (Lipinski definition) is 1. The number of likely N-dealkylation sites (tertiary alicyclic amines) is 1. The van der Waals surface area contributed by atoms with Gasteiger partial charge in [0.15, 0.2) is 5.69 Å². The summed E-state index contributed by atoms with van der Waals surface area (Å²) in [7, 11) is 0. The van der Waals surface area contributed by atoms with Crippen molar-refractivity contribution in [3.05, 3.63) is 17.8 Å². The van der Waals surface area contributed by atoms with E-state index in [1.54, 1.807) is 4.90 Å². The highest BCUT2D eigenvalue weighted by atomic mass is 16.3. The maximum Gasteiger partial charge on any atom is 0.275 e. The number of nitrogens with zero attached hydrogens (tertiary/aromatic N) is 2. The van der Waals surface area contributed by atoms with Crippen LogP contribution in [-0.2, 0) is 0 Å². The monoisotopic (exact) mass is 223 g/mol. The standard InChI is InChI=1S/C11H17N3O2/c1-7(2)9(12)10-13-8(6-16-10)11(15)14-4-3-5-14/h6-7,9H,3-5,12H2,1-2H3. The van der Waals surface area contributed by atoms with Gasteiger partial charge >= 0.3 is 0 Å². The van der Waals surface area contributed by atoms with Crippen LogP contribution in [0.2, 0.25) is 0 Å². The lowest BCUT2D eigenvalue weighted by molar-refractivity contribution is 0.0645. The fourth-order valence-electron chi connectivity index (χ4n) is 1.51. The Labute approximate surface area is 94.6 Å². The van der Waals surface area contributed by atoms with Gasteiger partial charge in [0, 0.05) is 13.1 Å². The van der Waals surface area contributed by atoms with Crippen LogP contribution in [0.5, 0.6) is 0 Å². The molecule has 2 rings (SSSR count). The summed E-state index contributed by atoms with van der Waals surface area (Å²) >= 11 is 0. The molecular formula is C11H17N3O2. The van der Waals surface area contributed by atoms with Crippen LogP contribution in [0.25, 0.3) is 0 Å². The van der Waals surface area contributed by atoms with E-state index >= 15 is 0 Å². The van der Waals surface area contributed by atoms with Gasteiger partial charge in [0.2, 0.25) is 5.89 Å². The summed E-state index contributed by atoms with van der Waals surface area (Å²) in [6, 6.07) is -0.252. The van der Waals surface area contributed by atoms with Crippen molar-refractivity contribution in [3.63, 3.8) is 0 Å². The van der Waals surface area contributed by atoms with Gasteiger partial charge < -0.3 is 15.1 Å². The molecule has 1 atom stereocenters. The number of aromatic nitrogens is 1. The molecule has 1 saturated heterocycles. The molecule has 0 radical (unpaired) electrons. The van der Waals surface area contributed by atoms with E-state index < -0.39 is 0 Å². The van der Waals surface area contributed by atoms with Crippen LogP contribution in [0.4, 0.5) is 0 Å².